The summed E-state index contributed by atoms with van der Waals surface area (Å²) < 4.78 is 20.8. The highest BCUT2D eigenvalue weighted by Gasteiger charge is 2.30. The molecule has 2 heterocycles. The standard InChI is InChI=1S/C16H26FN3O2/c1-11-10-18-20(14(11)17)12(2)13-6-8-19(9-7-13)15(21)22-16(3,4)5/h10,12-13H,6-9H2,1-5H3. The van der Waals surface area contributed by atoms with Gasteiger partial charge in [-0.15, -0.1) is 0 Å². The maximum Gasteiger partial charge on any atom is 0.410 e. The third-order valence-corrected chi connectivity index (χ3v) is 4.16. The minimum absolute atomic E-state index is 0.00511. The number of rotatable bonds is 2. The van der Waals surface area contributed by atoms with Crippen molar-refractivity contribution in [2.24, 2.45) is 5.92 Å². The number of hydrogen-bond acceptors (Lipinski definition) is 3. The molecule has 1 aliphatic heterocycles. The Bertz CT molecular complexity index is 528. The Balaban J connectivity index is 1.92. The monoisotopic (exact) mass is 311 g/mol. The van der Waals surface area contributed by atoms with Crippen LogP contribution in [-0.4, -0.2) is 39.5 Å². The van der Waals surface area contributed by atoms with Gasteiger partial charge in [0.15, 0.2) is 0 Å². The third kappa shape index (κ3) is 3.78. The van der Waals surface area contributed by atoms with E-state index in [-0.39, 0.29) is 18.1 Å². The van der Waals surface area contributed by atoms with Crippen LogP contribution in [0.1, 0.15) is 52.1 Å². The van der Waals surface area contributed by atoms with Gasteiger partial charge in [0.25, 0.3) is 0 Å². The Labute approximate surface area is 131 Å². The van der Waals surface area contributed by atoms with Crippen LogP contribution in [-0.2, 0) is 4.74 Å². The molecule has 1 aliphatic rings. The Morgan fingerprint density at radius 3 is 2.45 bits per heavy atom. The van der Waals surface area contributed by atoms with Crippen molar-refractivity contribution in [3.05, 3.63) is 17.7 Å². The molecule has 1 fully saturated rings. The largest absolute Gasteiger partial charge is 0.444 e. The van der Waals surface area contributed by atoms with E-state index in [9.17, 15) is 9.18 Å². The number of carbonyl (C=O) groups excluding carboxylic acids is 1. The van der Waals surface area contributed by atoms with Crippen molar-refractivity contribution in [3.8, 4) is 0 Å². The summed E-state index contributed by atoms with van der Waals surface area (Å²) >= 11 is 0. The molecule has 1 atom stereocenters. The average Bonchev–Trinajstić information content (AvgIpc) is 2.76. The smallest absolute Gasteiger partial charge is 0.410 e. The van der Waals surface area contributed by atoms with E-state index in [2.05, 4.69) is 5.10 Å². The molecule has 0 bridgehead atoms. The van der Waals surface area contributed by atoms with Crippen LogP contribution >= 0.6 is 0 Å². The minimum Gasteiger partial charge on any atom is -0.444 e. The summed E-state index contributed by atoms with van der Waals surface area (Å²) in [5.74, 6) is 0.0505. The van der Waals surface area contributed by atoms with Gasteiger partial charge >= 0.3 is 6.09 Å². The lowest BCUT2D eigenvalue weighted by atomic mass is 9.90. The second-order valence-electron chi connectivity index (χ2n) is 7.11. The molecule has 0 aliphatic carbocycles. The first-order chi connectivity index (χ1) is 10.2. The summed E-state index contributed by atoms with van der Waals surface area (Å²) in [5.41, 5.74) is 0.0924. The molecule has 0 aromatic carbocycles. The molecule has 0 spiro atoms. The fourth-order valence-corrected chi connectivity index (χ4v) is 2.81. The highest BCUT2D eigenvalue weighted by atomic mass is 19.1. The molecule has 5 nitrogen and oxygen atoms in total. The van der Waals surface area contributed by atoms with Crippen LogP contribution in [0, 0.1) is 18.8 Å². The summed E-state index contributed by atoms with van der Waals surface area (Å²) in [5, 5.41) is 4.13. The van der Waals surface area contributed by atoms with Gasteiger partial charge in [-0.25, -0.2) is 9.48 Å². The van der Waals surface area contributed by atoms with E-state index >= 15 is 0 Å². The molecule has 0 saturated carbocycles. The summed E-state index contributed by atoms with van der Waals surface area (Å²) in [6, 6.07) is -0.00511. The molecule has 6 heteroatoms. The zero-order valence-corrected chi connectivity index (χ0v) is 14.1. The van der Waals surface area contributed by atoms with Gasteiger partial charge in [-0.1, -0.05) is 0 Å². The van der Waals surface area contributed by atoms with Gasteiger partial charge in [0.1, 0.15) is 5.60 Å². The van der Waals surface area contributed by atoms with Gasteiger partial charge in [0.05, 0.1) is 12.2 Å². The normalized spacial score (nSPS) is 18.4. The maximum atomic E-state index is 14.0. The lowest BCUT2D eigenvalue weighted by Crippen LogP contribution is -2.43. The van der Waals surface area contributed by atoms with E-state index in [0.29, 0.717) is 24.6 Å². The van der Waals surface area contributed by atoms with Crippen molar-refractivity contribution < 1.29 is 13.9 Å². The third-order valence-electron chi connectivity index (χ3n) is 4.16. The number of aryl methyl sites for hydroxylation is 1. The number of amides is 1. The van der Waals surface area contributed by atoms with Crippen molar-refractivity contribution in [2.75, 3.05) is 13.1 Å². The van der Waals surface area contributed by atoms with Crippen molar-refractivity contribution in [1.82, 2.24) is 14.7 Å². The first-order valence-corrected chi connectivity index (χ1v) is 7.86. The molecule has 1 aromatic heterocycles. The summed E-state index contributed by atoms with van der Waals surface area (Å²) in [6.45, 7) is 10.6. The van der Waals surface area contributed by atoms with Gasteiger partial charge in [0.2, 0.25) is 5.95 Å². The van der Waals surface area contributed by atoms with Crippen LogP contribution in [0.15, 0.2) is 6.20 Å². The van der Waals surface area contributed by atoms with Gasteiger partial charge in [-0.05, 0) is 53.4 Å². The predicted octanol–water partition coefficient (Wildman–Crippen LogP) is 3.54. The molecule has 1 saturated heterocycles. The lowest BCUT2D eigenvalue weighted by Gasteiger charge is -2.35. The highest BCUT2D eigenvalue weighted by molar-refractivity contribution is 5.68. The molecule has 22 heavy (non-hydrogen) atoms. The molecule has 0 radical (unpaired) electrons. The topological polar surface area (TPSA) is 47.4 Å². The summed E-state index contributed by atoms with van der Waals surface area (Å²) in [7, 11) is 0. The van der Waals surface area contributed by atoms with E-state index in [0.717, 1.165) is 12.8 Å². The molecule has 0 N–H and O–H groups in total. The number of nitrogens with zero attached hydrogens (tertiary/aromatic N) is 3. The zero-order chi connectivity index (χ0) is 16.5. The van der Waals surface area contributed by atoms with Gasteiger partial charge in [-0.2, -0.15) is 9.49 Å². The van der Waals surface area contributed by atoms with E-state index in [1.165, 1.54) is 4.68 Å². The molecule has 124 valence electrons. The first kappa shape index (κ1) is 16.8. The van der Waals surface area contributed by atoms with E-state index in [4.69, 9.17) is 4.74 Å². The Morgan fingerprint density at radius 2 is 2.00 bits per heavy atom. The first-order valence-electron chi connectivity index (χ1n) is 7.86. The van der Waals surface area contributed by atoms with Crippen LogP contribution in [0.2, 0.25) is 0 Å². The highest BCUT2D eigenvalue weighted by Crippen LogP contribution is 2.29. The fourth-order valence-electron chi connectivity index (χ4n) is 2.81. The zero-order valence-electron chi connectivity index (χ0n) is 14.1. The van der Waals surface area contributed by atoms with E-state index in [1.54, 1.807) is 18.0 Å². The SMILES string of the molecule is Cc1cnn(C(C)C2CCN(C(=O)OC(C)(C)C)CC2)c1F. The molecular weight excluding hydrogens is 285 g/mol. The average molecular weight is 311 g/mol. The van der Waals surface area contributed by atoms with Crippen LogP contribution in [0.4, 0.5) is 9.18 Å². The predicted molar refractivity (Wildman–Crippen MR) is 82.2 cm³/mol. The molecular formula is C16H26FN3O2. The number of hydrogen-bond donors (Lipinski definition) is 0. The molecule has 1 unspecified atom stereocenters. The quantitative estimate of drug-likeness (QED) is 0.839. The summed E-state index contributed by atoms with van der Waals surface area (Å²) in [6.07, 6.45) is 2.96. The number of halogens is 1. The van der Waals surface area contributed by atoms with Gasteiger partial charge < -0.3 is 9.64 Å². The van der Waals surface area contributed by atoms with Crippen LogP contribution in [0.25, 0.3) is 0 Å². The molecule has 1 amide bonds. The number of piperidine rings is 1. The van der Waals surface area contributed by atoms with Crippen LogP contribution in [0.3, 0.4) is 0 Å². The Morgan fingerprint density at radius 1 is 1.41 bits per heavy atom. The van der Waals surface area contributed by atoms with Crippen molar-refractivity contribution in [2.45, 2.75) is 59.1 Å². The number of ether oxygens (including phenoxy) is 1. The fraction of sp³-hybridized carbons (Fsp3) is 0.750. The second-order valence-corrected chi connectivity index (χ2v) is 7.11. The van der Waals surface area contributed by atoms with Crippen molar-refractivity contribution in [1.29, 1.82) is 0 Å². The lowest BCUT2D eigenvalue weighted by molar-refractivity contribution is 0.0161. The number of carbonyl (C=O) groups is 1. The second kappa shape index (κ2) is 6.26. The van der Waals surface area contributed by atoms with Gasteiger partial charge in [-0.3, -0.25) is 0 Å². The maximum absolute atomic E-state index is 14.0. The Hall–Kier alpha value is -1.59. The van der Waals surface area contributed by atoms with Crippen LogP contribution in [0.5, 0.6) is 0 Å². The van der Waals surface area contributed by atoms with Gasteiger partial charge in [0, 0.05) is 18.7 Å². The van der Waals surface area contributed by atoms with Crippen LogP contribution < -0.4 is 0 Å². The van der Waals surface area contributed by atoms with Crippen molar-refractivity contribution >= 4 is 6.09 Å². The number of aromatic nitrogens is 2. The Kier molecular flexibility index (Phi) is 4.78. The van der Waals surface area contributed by atoms with E-state index in [1.807, 2.05) is 27.7 Å². The molecule has 1 aromatic rings. The minimum atomic E-state index is -0.475. The summed E-state index contributed by atoms with van der Waals surface area (Å²) in [4.78, 5) is 13.8. The number of likely N-dealkylation sites (tertiary alicyclic amines) is 1. The molecule has 2 rings (SSSR count). The van der Waals surface area contributed by atoms with Crippen molar-refractivity contribution in [3.63, 3.8) is 0 Å². The van der Waals surface area contributed by atoms with E-state index < -0.39 is 5.60 Å².